The summed E-state index contributed by atoms with van der Waals surface area (Å²) < 4.78 is 33.6. The number of aryl methyl sites for hydroxylation is 2. The highest BCUT2D eigenvalue weighted by Crippen LogP contribution is 2.25. The SMILES string of the molecule is COc1cc(C)c(S(=O)(=O)NCc2cccc(CN3CCCC3)c2)cc1C. The number of benzene rings is 2. The van der Waals surface area contributed by atoms with Crippen molar-refractivity contribution in [3.63, 3.8) is 0 Å². The molecule has 1 aliphatic rings. The molecule has 2 aromatic carbocycles. The molecule has 5 nitrogen and oxygen atoms in total. The second-order valence-electron chi connectivity index (χ2n) is 7.22. The fourth-order valence-electron chi connectivity index (χ4n) is 3.57. The molecular formula is C21H28N2O3S. The predicted molar refractivity (Wildman–Crippen MR) is 107 cm³/mol. The molecule has 1 heterocycles. The van der Waals surface area contributed by atoms with E-state index in [9.17, 15) is 8.42 Å². The van der Waals surface area contributed by atoms with E-state index in [1.165, 1.54) is 18.4 Å². The Kier molecular flexibility index (Phi) is 6.19. The number of nitrogens with one attached hydrogen (secondary N) is 1. The minimum atomic E-state index is -3.59. The van der Waals surface area contributed by atoms with E-state index in [2.05, 4.69) is 21.8 Å². The van der Waals surface area contributed by atoms with Crippen LogP contribution in [0.2, 0.25) is 0 Å². The van der Waals surface area contributed by atoms with Gasteiger partial charge in [-0.15, -0.1) is 0 Å². The van der Waals surface area contributed by atoms with Gasteiger partial charge in [-0.05, 0) is 74.2 Å². The third kappa shape index (κ3) is 4.89. The second-order valence-corrected chi connectivity index (χ2v) is 8.95. The minimum absolute atomic E-state index is 0.278. The van der Waals surface area contributed by atoms with Crippen molar-refractivity contribution in [3.05, 3.63) is 58.7 Å². The third-order valence-corrected chi connectivity index (χ3v) is 6.59. The lowest BCUT2D eigenvalue weighted by Gasteiger charge is -2.16. The summed E-state index contributed by atoms with van der Waals surface area (Å²) >= 11 is 0. The van der Waals surface area contributed by atoms with Crippen LogP contribution in [-0.4, -0.2) is 33.5 Å². The highest BCUT2D eigenvalue weighted by atomic mass is 32.2. The van der Waals surface area contributed by atoms with Crippen molar-refractivity contribution in [2.24, 2.45) is 0 Å². The summed E-state index contributed by atoms with van der Waals surface area (Å²) in [4.78, 5) is 2.74. The molecule has 0 atom stereocenters. The molecule has 3 rings (SSSR count). The summed E-state index contributed by atoms with van der Waals surface area (Å²) in [5.41, 5.74) is 3.67. The van der Waals surface area contributed by atoms with Crippen LogP contribution in [0.5, 0.6) is 5.75 Å². The first-order valence-electron chi connectivity index (χ1n) is 9.34. The molecule has 0 spiro atoms. The molecule has 1 saturated heterocycles. The van der Waals surface area contributed by atoms with E-state index in [4.69, 9.17) is 4.74 Å². The Labute approximate surface area is 162 Å². The van der Waals surface area contributed by atoms with Crippen molar-refractivity contribution in [1.29, 1.82) is 0 Å². The van der Waals surface area contributed by atoms with Crippen LogP contribution in [0, 0.1) is 13.8 Å². The van der Waals surface area contributed by atoms with Gasteiger partial charge in [-0.2, -0.15) is 0 Å². The Bertz CT molecular complexity index is 904. The minimum Gasteiger partial charge on any atom is -0.496 e. The quantitative estimate of drug-likeness (QED) is 0.790. The number of rotatable bonds is 7. The van der Waals surface area contributed by atoms with Gasteiger partial charge in [0.1, 0.15) is 5.75 Å². The van der Waals surface area contributed by atoms with Gasteiger partial charge in [0.05, 0.1) is 12.0 Å². The van der Waals surface area contributed by atoms with Crippen LogP contribution in [0.3, 0.4) is 0 Å². The summed E-state index contributed by atoms with van der Waals surface area (Å²) in [6.45, 7) is 7.13. The lowest BCUT2D eigenvalue weighted by atomic mass is 10.1. The Hall–Kier alpha value is -1.89. The second kappa shape index (κ2) is 8.42. The number of likely N-dealkylation sites (tertiary alicyclic amines) is 1. The Morgan fingerprint density at radius 3 is 2.44 bits per heavy atom. The standard InChI is InChI=1S/C21H28N2O3S/c1-16-12-21(17(2)11-20(16)26-3)27(24,25)22-14-18-7-6-8-19(13-18)15-23-9-4-5-10-23/h6-8,11-13,22H,4-5,9-10,14-15H2,1-3H3. The van der Waals surface area contributed by atoms with Gasteiger partial charge < -0.3 is 4.74 Å². The Morgan fingerprint density at radius 2 is 1.74 bits per heavy atom. The van der Waals surface area contributed by atoms with Crippen LogP contribution in [-0.2, 0) is 23.1 Å². The maximum atomic E-state index is 12.8. The summed E-state index contributed by atoms with van der Waals surface area (Å²) in [6, 6.07) is 11.6. The van der Waals surface area contributed by atoms with Crippen molar-refractivity contribution < 1.29 is 13.2 Å². The van der Waals surface area contributed by atoms with E-state index in [0.717, 1.165) is 30.8 Å². The normalized spacial score (nSPS) is 15.2. The molecule has 6 heteroatoms. The van der Waals surface area contributed by atoms with Crippen LogP contribution in [0.1, 0.15) is 35.1 Å². The van der Waals surface area contributed by atoms with Crippen molar-refractivity contribution in [2.75, 3.05) is 20.2 Å². The van der Waals surface area contributed by atoms with Crippen molar-refractivity contribution in [3.8, 4) is 5.75 Å². The zero-order chi connectivity index (χ0) is 19.4. The molecule has 146 valence electrons. The zero-order valence-corrected chi connectivity index (χ0v) is 17.1. The molecular weight excluding hydrogens is 360 g/mol. The van der Waals surface area contributed by atoms with Gasteiger partial charge in [0.15, 0.2) is 0 Å². The van der Waals surface area contributed by atoms with Crippen LogP contribution in [0.15, 0.2) is 41.3 Å². The summed E-state index contributed by atoms with van der Waals surface area (Å²) in [5.74, 6) is 0.695. The number of methoxy groups -OCH3 is 1. The van der Waals surface area contributed by atoms with Crippen LogP contribution >= 0.6 is 0 Å². The van der Waals surface area contributed by atoms with E-state index in [-0.39, 0.29) is 6.54 Å². The van der Waals surface area contributed by atoms with E-state index in [1.807, 2.05) is 19.1 Å². The predicted octanol–water partition coefficient (Wildman–Crippen LogP) is 3.39. The average molecular weight is 389 g/mol. The summed E-state index contributed by atoms with van der Waals surface area (Å²) in [7, 11) is -2.00. The average Bonchev–Trinajstić information content (AvgIpc) is 3.15. The molecule has 0 aromatic heterocycles. The largest absolute Gasteiger partial charge is 0.496 e. The topological polar surface area (TPSA) is 58.6 Å². The molecule has 0 amide bonds. The van der Waals surface area contributed by atoms with Crippen LogP contribution in [0.4, 0.5) is 0 Å². The molecule has 0 saturated carbocycles. The number of ether oxygens (including phenoxy) is 1. The van der Waals surface area contributed by atoms with Crippen LogP contribution < -0.4 is 9.46 Å². The van der Waals surface area contributed by atoms with Crippen LogP contribution in [0.25, 0.3) is 0 Å². The first kappa shape index (κ1) is 19.9. The molecule has 0 radical (unpaired) electrons. The first-order valence-corrected chi connectivity index (χ1v) is 10.8. The van der Waals surface area contributed by atoms with Gasteiger partial charge in [0.25, 0.3) is 0 Å². The number of nitrogens with zero attached hydrogens (tertiary/aromatic N) is 1. The maximum Gasteiger partial charge on any atom is 0.241 e. The van der Waals surface area contributed by atoms with Crippen molar-refractivity contribution in [1.82, 2.24) is 9.62 Å². The number of sulfonamides is 1. The molecule has 0 aliphatic carbocycles. The van der Waals surface area contributed by atoms with Crippen molar-refractivity contribution >= 4 is 10.0 Å². The van der Waals surface area contributed by atoms with Gasteiger partial charge in [0, 0.05) is 13.1 Å². The van der Waals surface area contributed by atoms with E-state index in [0.29, 0.717) is 16.2 Å². The van der Waals surface area contributed by atoms with E-state index >= 15 is 0 Å². The van der Waals surface area contributed by atoms with E-state index < -0.39 is 10.0 Å². The van der Waals surface area contributed by atoms with Gasteiger partial charge in [0.2, 0.25) is 10.0 Å². The first-order chi connectivity index (χ1) is 12.9. The lowest BCUT2D eigenvalue weighted by Crippen LogP contribution is -2.24. The molecule has 1 fully saturated rings. The molecule has 0 unspecified atom stereocenters. The van der Waals surface area contributed by atoms with Gasteiger partial charge in [-0.3, -0.25) is 4.90 Å². The van der Waals surface area contributed by atoms with E-state index in [1.54, 1.807) is 26.2 Å². The van der Waals surface area contributed by atoms with Crippen molar-refractivity contribution in [2.45, 2.75) is 44.7 Å². The molecule has 1 N–H and O–H groups in total. The summed E-state index contributed by atoms with van der Waals surface area (Å²) in [5, 5.41) is 0. The smallest absolute Gasteiger partial charge is 0.241 e. The fourth-order valence-corrected chi connectivity index (χ4v) is 4.89. The Morgan fingerprint density at radius 1 is 1.04 bits per heavy atom. The maximum absolute atomic E-state index is 12.8. The highest BCUT2D eigenvalue weighted by molar-refractivity contribution is 7.89. The van der Waals surface area contributed by atoms with Gasteiger partial charge in [-0.1, -0.05) is 24.3 Å². The van der Waals surface area contributed by atoms with Gasteiger partial charge >= 0.3 is 0 Å². The number of hydrogen-bond acceptors (Lipinski definition) is 4. The summed E-state index contributed by atoms with van der Waals surface area (Å²) in [6.07, 6.45) is 2.53. The molecule has 27 heavy (non-hydrogen) atoms. The zero-order valence-electron chi connectivity index (χ0n) is 16.3. The Balaban J connectivity index is 1.71. The highest BCUT2D eigenvalue weighted by Gasteiger charge is 2.19. The molecule has 1 aliphatic heterocycles. The number of hydrogen-bond donors (Lipinski definition) is 1. The lowest BCUT2D eigenvalue weighted by molar-refractivity contribution is 0.331. The van der Waals surface area contributed by atoms with Gasteiger partial charge in [-0.25, -0.2) is 13.1 Å². The molecule has 2 aromatic rings. The monoisotopic (exact) mass is 388 g/mol. The third-order valence-electron chi connectivity index (χ3n) is 5.04. The fraction of sp³-hybridized carbons (Fsp3) is 0.429. The molecule has 0 bridgehead atoms.